The fourth-order valence-corrected chi connectivity index (χ4v) is 3.00. The Balaban J connectivity index is 0.00000162. The maximum atomic E-state index is 11.4. The predicted molar refractivity (Wildman–Crippen MR) is 65.9 cm³/mol. The van der Waals surface area contributed by atoms with E-state index >= 15 is 0 Å². The van der Waals surface area contributed by atoms with Gasteiger partial charge < -0.3 is 4.55 Å². The largest absolute Gasteiger partial charge is 1.00 e. The van der Waals surface area contributed by atoms with Crippen molar-refractivity contribution in [2.75, 3.05) is 0 Å². The van der Waals surface area contributed by atoms with Gasteiger partial charge in [0.1, 0.15) is 10.1 Å². The molecule has 0 spiro atoms. The van der Waals surface area contributed by atoms with Crippen molar-refractivity contribution in [3.63, 3.8) is 0 Å². The zero-order valence-corrected chi connectivity index (χ0v) is 14.5. The molecule has 0 aliphatic rings. The molecule has 0 amide bonds. The molecule has 0 radical (unpaired) electrons. The molecule has 0 unspecified atom stereocenters. The van der Waals surface area contributed by atoms with Gasteiger partial charge in [-0.15, -0.1) is 0 Å². The number of rotatable bonds is 3. The van der Waals surface area contributed by atoms with E-state index in [1.165, 1.54) is 0 Å². The van der Waals surface area contributed by atoms with Crippen LogP contribution < -0.4 is 51.4 Å². The van der Waals surface area contributed by atoms with E-state index in [0.29, 0.717) is 17.4 Å². The Morgan fingerprint density at radius 1 is 1.11 bits per heavy atom. The number of fused-ring (bicyclic) bond motifs is 1. The molecule has 3 nitrogen and oxygen atoms in total. The van der Waals surface area contributed by atoms with E-state index in [-0.39, 0.29) is 56.3 Å². The van der Waals surface area contributed by atoms with Crippen LogP contribution >= 0.6 is 0 Å². The first-order valence-electron chi connectivity index (χ1n) is 5.50. The van der Waals surface area contributed by atoms with Gasteiger partial charge in [0, 0.05) is 0 Å². The predicted octanol–water partition coefficient (Wildman–Crippen LogP) is -0.300. The van der Waals surface area contributed by atoms with Crippen molar-refractivity contribution in [1.82, 2.24) is 0 Å². The molecular formula is C13H13KO3S. The first-order chi connectivity index (χ1) is 8.04. The van der Waals surface area contributed by atoms with Crippen LogP contribution in [0.2, 0.25) is 0 Å². The fraction of sp³-hybridized carbons (Fsp3) is 0.231. The summed E-state index contributed by atoms with van der Waals surface area (Å²) < 4.78 is 34.2. The number of benzene rings is 2. The van der Waals surface area contributed by atoms with E-state index < -0.39 is 10.1 Å². The van der Waals surface area contributed by atoms with E-state index in [1.807, 2.05) is 19.1 Å². The van der Waals surface area contributed by atoms with Crippen molar-refractivity contribution in [1.29, 1.82) is 0 Å². The number of hydrogen-bond donors (Lipinski definition) is 0. The minimum absolute atomic E-state index is 0. The summed E-state index contributed by atoms with van der Waals surface area (Å²) in [6.45, 7) is 1.95. The first-order valence-corrected chi connectivity index (χ1v) is 6.91. The van der Waals surface area contributed by atoms with Crippen LogP contribution in [0.4, 0.5) is 0 Å². The van der Waals surface area contributed by atoms with E-state index in [1.54, 1.807) is 24.3 Å². The molecule has 0 fully saturated rings. The van der Waals surface area contributed by atoms with E-state index in [9.17, 15) is 13.0 Å². The second-order valence-corrected chi connectivity index (χ2v) is 5.30. The van der Waals surface area contributed by atoms with E-state index in [0.717, 1.165) is 11.8 Å². The second-order valence-electron chi connectivity index (χ2n) is 3.98. The molecule has 18 heavy (non-hydrogen) atoms. The average molecular weight is 288 g/mol. The Hall–Kier alpha value is 0.246. The summed E-state index contributed by atoms with van der Waals surface area (Å²) in [6.07, 6.45) is 1.41. The maximum Gasteiger partial charge on any atom is 1.00 e. The molecular weight excluding hydrogens is 275 g/mol. The van der Waals surface area contributed by atoms with Crippen LogP contribution in [0.3, 0.4) is 0 Å². The molecule has 0 bridgehead atoms. The molecule has 2 aromatic rings. The third-order valence-electron chi connectivity index (χ3n) is 2.73. The van der Waals surface area contributed by atoms with Crippen LogP contribution in [-0.4, -0.2) is 13.0 Å². The standard InChI is InChI=1S/C13H14O3S.K/c1-2-5-11-9-8-10-6-3-4-7-12(10)13(11)17(14,15)16;/h3-4,6-9H,2,5H2,1H3,(H,14,15,16);/q;+1/p-1. The molecule has 0 atom stereocenters. The summed E-state index contributed by atoms with van der Waals surface area (Å²) in [4.78, 5) is -0.0579. The Bertz CT molecular complexity index is 650. The quantitative estimate of drug-likeness (QED) is 0.575. The van der Waals surface area contributed by atoms with Crippen molar-refractivity contribution < 1.29 is 64.4 Å². The molecule has 0 N–H and O–H groups in total. The molecule has 0 aliphatic carbocycles. The van der Waals surface area contributed by atoms with E-state index in [2.05, 4.69) is 0 Å². The van der Waals surface area contributed by atoms with Crippen LogP contribution in [0, 0.1) is 0 Å². The van der Waals surface area contributed by atoms with Crippen LogP contribution in [0.25, 0.3) is 10.8 Å². The Morgan fingerprint density at radius 3 is 2.39 bits per heavy atom. The molecule has 0 saturated heterocycles. The van der Waals surface area contributed by atoms with Gasteiger partial charge >= 0.3 is 51.4 Å². The summed E-state index contributed by atoms with van der Waals surface area (Å²) in [6, 6.07) is 10.6. The Kier molecular flexibility index (Phi) is 5.98. The fourth-order valence-electron chi connectivity index (χ4n) is 2.05. The zero-order valence-electron chi connectivity index (χ0n) is 10.5. The van der Waals surface area contributed by atoms with Gasteiger partial charge in [-0.25, -0.2) is 8.42 Å². The van der Waals surface area contributed by atoms with Crippen LogP contribution in [0.5, 0.6) is 0 Å². The first kappa shape index (κ1) is 16.3. The molecule has 0 saturated carbocycles. The average Bonchev–Trinajstić information content (AvgIpc) is 2.27. The molecule has 0 heterocycles. The van der Waals surface area contributed by atoms with Crippen LogP contribution in [-0.2, 0) is 16.5 Å². The smallest absolute Gasteiger partial charge is 0.744 e. The minimum Gasteiger partial charge on any atom is -0.744 e. The number of aryl methyl sites for hydroxylation is 1. The van der Waals surface area contributed by atoms with Crippen molar-refractivity contribution in [3.8, 4) is 0 Å². The van der Waals surface area contributed by atoms with E-state index in [4.69, 9.17) is 0 Å². The molecule has 90 valence electrons. The summed E-state index contributed by atoms with van der Waals surface area (Å²) in [5.74, 6) is 0. The number of hydrogen-bond acceptors (Lipinski definition) is 3. The van der Waals surface area contributed by atoms with Gasteiger partial charge in [-0.05, 0) is 22.8 Å². The summed E-state index contributed by atoms with van der Waals surface area (Å²) in [7, 11) is -4.43. The normalized spacial score (nSPS) is 11.2. The van der Waals surface area contributed by atoms with Gasteiger partial charge in [0.25, 0.3) is 0 Å². The molecule has 2 rings (SSSR count). The zero-order chi connectivity index (χ0) is 12.5. The Morgan fingerprint density at radius 2 is 1.78 bits per heavy atom. The van der Waals surface area contributed by atoms with Crippen LogP contribution in [0.1, 0.15) is 18.9 Å². The summed E-state index contributed by atoms with van der Waals surface area (Å²) in [5.41, 5.74) is 0.612. The maximum absolute atomic E-state index is 11.4. The summed E-state index contributed by atoms with van der Waals surface area (Å²) in [5, 5.41) is 1.30. The molecule has 0 aromatic heterocycles. The van der Waals surface area contributed by atoms with Crippen molar-refractivity contribution in [2.24, 2.45) is 0 Å². The minimum atomic E-state index is -4.43. The molecule has 5 heteroatoms. The topological polar surface area (TPSA) is 57.2 Å². The van der Waals surface area contributed by atoms with Gasteiger partial charge in [0.2, 0.25) is 0 Å². The third kappa shape index (κ3) is 3.42. The third-order valence-corrected chi connectivity index (χ3v) is 3.71. The van der Waals surface area contributed by atoms with Crippen molar-refractivity contribution >= 4 is 20.9 Å². The molecule has 2 aromatic carbocycles. The molecule has 0 aliphatic heterocycles. The Labute approximate surface area is 150 Å². The van der Waals surface area contributed by atoms with Gasteiger partial charge in [0.15, 0.2) is 0 Å². The van der Waals surface area contributed by atoms with Crippen molar-refractivity contribution in [3.05, 3.63) is 42.0 Å². The van der Waals surface area contributed by atoms with Gasteiger partial charge in [-0.1, -0.05) is 49.7 Å². The van der Waals surface area contributed by atoms with Gasteiger partial charge in [0.05, 0.1) is 4.90 Å². The monoisotopic (exact) mass is 288 g/mol. The van der Waals surface area contributed by atoms with Crippen molar-refractivity contribution in [2.45, 2.75) is 24.7 Å². The second kappa shape index (κ2) is 6.61. The SMILES string of the molecule is CCCc1ccc2ccccc2c1S(=O)(=O)[O-].[K+]. The van der Waals surface area contributed by atoms with Gasteiger partial charge in [-0.2, -0.15) is 0 Å². The van der Waals surface area contributed by atoms with Crippen LogP contribution in [0.15, 0.2) is 41.3 Å². The summed E-state index contributed by atoms with van der Waals surface area (Å²) >= 11 is 0. The van der Waals surface area contributed by atoms with Gasteiger partial charge in [-0.3, -0.25) is 0 Å².